The summed E-state index contributed by atoms with van der Waals surface area (Å²) < 4.78 is 41.5. The molecule has 11 aromatic heterocycles. The molecule has 26 nitrogen and oxygen atoms in total. The van der Waals surface area contributed by atoms with Crippen molar-refractivity contribution >= 4 is 34.9 Å². The number of piperidine rings is 1. The van der Waals surface area contributed by atoms with Crippen LogP contribution in [0.4, 0.5) is 23.3 Å². The molecule has 11 aromatic rings. The number of methoxy groups -OCH3 is 1. The molecule has 0 aliphatic carbocycles. The molecule has 5 aliphatic rings. The Balaban J connectivity index is 0.000000342. The van der Waals surface area contributed by atoms with Crippen molar-refractivity contribution in [2.24, 2.45) is 0 Å². The number of pyridine rings is 11. The van der Waals surface area contributed by atoms with E-state index in [1.165, 1.54) is 58.3 Å². The Morgan fingerprint density at radius 2 is 0.667 bits per heavy atom. The molecule has 5 fully saturated rings. The first-order chi connectivity index (χ1) is 57.6. The van der Waals surface area contributed by atoms with Gasteiger partial charge in [-0.15, -0.1) is 0 Å². The van der Waals surface area contributed by atoms with Gasteiger partial charge in [-0.3, -0.25) is 4.90 Å². The van der Waals surface area contributed by atoms with Crippen LogP contribution in [0.15, 0.2) is 268 Å². The number of halogens is 1. The van der Waals surface area contributed by atoms with Crippen LogP contribution in [-0.2, 0) is 9.47 Å². The maximum atomic E-state index is 8.37. The summed E-state index contributed by atoms with van der Waals surface area (Å²) in [7, 11) is 3.76. The lowest BCUT2D eigenvalue weighted by atomic mass is 10.1. The topological polar surface area (TPSA) is 255 Å². The fourth-order valence-electron chi connectivity index (χ4n) is 10.9. The summed E-state index contributed by atoms with van der Waals surface area (Å²) in [5.74, 6) is 8.44. The van der Waals surface area contributed by atoms with Crippen LogP contribution in [-0.4, -0.2) is 235 Å². The van der Waals surface area contributed by atoms with Gasteiger partial charge in [0.1, 0.15) is 41.6 Å². The monoisotopic (exact) mass is 1670 g/mol. The van der Waals surface area contributed by atoms with Gasteiger partial charge in [-0.25, -0.2) is 54.8 Å². The number of hydrogen-bond acceptors (Lipinski definition) is 26. The molecular weight excluding hydrogens is 1530 g/mol. The van der Waals surface area contributed by atoms with Crippen molar-refractivity contribution in [3.05, 3.63) is 274 Å². The van der Waals surface area contributed by atoms with E-state index < -0.39 is 0 Å². The zero-order valence-electron chi connectivity index (χ0n) is 69.0. The van der Waals surface area contributed by atoms with E-state index in [1.54, 1.807) is 68.7 Å². The maximum Gasteiger partial charge on any atom is 0.213 e. The Hall–Kier alpha value is -11.3. The average Bonchev–Trinajstić information content (AvgIpc) is 1.76. The van der Waals surface area contributed by atoms with E-state index in [9.17, 15) is 0 Å². The van der Waals surface area contributed by atoms with E-state index >= 15 is 0 Å². The van der Waals surface area contributed by atoms with Crippen molar-refractivity contribution in [2.45, 2.75) is 94.6 Å². The Morgan fingerprint density at radius 1 is 0.350 bits per heavy atom. The molecule has 0 spiro atoms. The summed E-state index contributed by atoms with van der Waals surface area (Å²) in [6, 6.07) is 63.1. The molecular formula is C93H132ClN17O9. The summed E-state index contributed by atoms with van der Waals surface area (Å²) in [6.07, 6.45) is 27.2. The Labute approximate surface area is 720 Å². The van der Waals surface area contributed by atoms with Crippen molar-refractivity contribution in [1.82, 2.24) is 64.6 Å². The van der Waals surface area contributed by atoms with Gasteiger partial charge in [0.05, 0.1) is 59.5 Å². The van der Waals surface area contributed by atoms with Crippen LogP contribution in [0.25, 0.3) is 0 Å². The standard InChI is InChI=1S/C11H16N2O2.C10H15N3.C10H14N2.C9H12N2O.C9H12N2.2C8H11NO.C7H9NO2.C7H9NO.C6H7NO.C5H4ClN.3CH4/c1-2-4-12-11(3-1)15-10-7-13-5-8-14-9-6-13;1-12-6-8-13(9-7-12)10-4-2-3-5-11-10;1-4-8-12(9-5-1)10-6-2-3-7-11-10;1-2-4-10-9(3-1)11-5-7-12-8-6-11;1-2-6-10-9(5-1)11-7-3-4-8-11;1-7(2)10-8-5-3-4-6-9-8;1-2-7-10-8-5-3-4-6-9-8;9-5-6-10-7-3-1-2-4-8-7;1-2-9-7-5-3-4-6-8-7;1-8-6-4-2-3-5-7-6;6-5-3-1-2-4-7-5;;;/h1-4H,5-10H2;2-5H,6-9H2,1H3;2-3,6-7H,1,4-5,8-9H2;1-4H,5-8H2;1-2,5-6H,3-4,7-8H2;3-7H,1-2H3;3-6H,2,7H2,1H3;1-4,9H,5-6H2;3-6H,2H2,1H3;2-5H,1H3;1-4H;3*1H4. The molecule has 650 valence electrons. The van der Waals surface area contributed by atoms with Crippen LogP contribution in [0, 0.1) is 0 Å². The number of aliphatic hydroxyl groups is 1. The van der Waals surface area contributed by atoms with Crippen LogP contribution in [0.2, 0.25) is 5.15 Å². The number of likely N-dealkylation sites (N-methyl/N-ethyl adjacent to an activating group) is 1. The highest BCUT2D eigenvalue weighted by atomic mass is 35.5. The molecule has 0 radical (unpaired) electrons. The zero-order chi connectivity index (χ0) is 82.7. The number of ether oxygens (including phenoxy) is 8. The third-order valence-corrected chi connectivity index (χ3v) is 17.0. The van der Waals surface area contributed by atoms with Gasteiger partial charge < -0.3 is 67.5 Å². The van der Waals surface area contributed by atoms with Crippen molar-refractivity contribution < 1.29 is 43.0 Å². The fourth-order valence-corrected chi connectivity index (χ4v) is 11.0. The van der Waals surface area contributed by atoms with Gasteiger partial charge in [-0.2, -0.15) is 0 Å². The maximum absolute atomic E-state index is 8.37. The lowest BCUT2D eigenvalue weighted by molar-refractivity contribution is 0.0320. The van der Waals surface area contributed by atoms with Gasteiger partial charge in [-0.05, 0) is 163 Å². The van der Waals surface area contributed by atoms with E-state index in [0.29, 0.717) is 60.3 Å². The molecule has 0 amide bonds. The van der Waals surface area contributed by atoms with Crippen LogP contribution in [0.3, 0.4) is 0 Å². The molecule has 27 heteroatoms. The van der Waals surface area contributed by atoms with Crippen LogP contribution in [0.5, 0.6) is 35.3 Å². The summed E-state index contributed by atoms with van der Waals surface area (Å²) in [4.78, 5) is 58.7. The number of rotatable bonds is 19. The van der Waals surface area contributed by atoms with Crippen molar-refractivity contribution in [1.29, 1.82) is 0 Å². The highest BCUT2D eigenvalue weighted by molar-refractivity contribution is 6.29. The predicted molar refractivity (Wildman–Crippen MR) is 487 cm³/mol. The Morgan fingerprint density at radius 3 is 0.975 bits per heavy atom. The highest BCUT2D eigenvalue weighted by Gasteiger charge is 2.16. The normalized spacial score (nSPS) is 13.5. The van der Waals surface area contributed by atoms with Crippen molar-refractivity contribution in [3.8, 4) is 35.3 Å². The molecule has 0 unspecified atom stereocenters. The number of anilines is 4. The Kier molecular flexibility index (Phi) is 58.9. The summed E-state index contributed by atoms with van der Waals surface area (Å²) in [5.41, 5.74) is 0. The highest BCUT2D eigenvalue weighted by Crippen LogP contribution is 2.19. The van der Waals surface area contributed by atoms with Gasteiger partial charge in [0.25, 0.3) is 0 Å². The Bertz CT molecular complexity index is 3910. The largest absolute Gasteiger partial charge is 0.481 e. The van der Waals surface area contributed by atoms with E-state index in [2.05, 4.69) is 122 Å². The number of morpholine rings is 2. The second kappa shape index (κ2) is 68.6. The average molecular weight is 1670 g/mol. The first-order valence-electron chi connectivity index (χ1n) is 40.2. The molecule has 1 N–H and O–H groups in total. The minimum Gasteiger partial charge on any atom is -0.481 e. The molecule has 120 heavy (non-hydrogen) atoms. The van der Waals surface area contributed by atoms with Gasteiger partial charge in [-0.1, -0.05) is 108 Å². The summed E-state index contributed by atoms with van der Waals surface area (Å²) in [5, 5.41) is 8.92. The second-order valence-electron chi connectivity index (χ2n) is 26.1. The quantitative estimate of drug-likeness (QED) is 0.0738. The van der Waals surface area contributed by atoms with Gasteiger partial charge in [0.2, 0.25) is 35.3 Å². The molecule has 16 rings (SSSR count). The first kappa shape index (κ1) is 103. The number of hydrogen-bond donors (Lipinski definition) is 1. The predicted octanol–water partition coefficient (Wildman–Crippen LogP) is 16.7. The minimum atomic E-state index is 0. The molecule has 0 bridgehead atoms. The van der Waals surface area contributed by atoms with Crippen LogP contribution >= 0.6 is 11.6 Å². The molecule has 5 saturated heterocycles. The molecule has 0 aromatic carbocycles. The molecule has 0 saturated carbocycles. The zero-order valence-corrected chi connectivity index (χ0v) is 69.7. The van der Waals surface area contributed by atoms with Gasteiger partial charge in [0, 0.05) is 190 Å². The van der Waals surface area contributed by atoms with Gasteiger partial charge >= 0.3 is 0 Å². The minimum absolute atomic E-state index is 0. The smallest absolute Gasteiger partial charge is 0.213 e. The summed E-state index contributed by atoms with van der Waals surface area (Å²) >= 11 is 5.43. The van der Waals surface area contributed by atoms with E-state index in [1.807, 2.05) is 203 Å². The SMILES string of the molecule is C.C.C.CC(C)Oc1ccccn1.CCCOc1ccccn1.CCOc1ccccn1.CN1CCN(c2ccccn2)CC1.COc1ccccn1.Clc1ccccn1.OCCOc1ccccn1.c1ccc(N2CCCC2)nc1.c1ccc(N2CCCCC2)nc1.c1ccc(N2CCOCC2)nc1.c1ccc(OCCN2CCOCC2)nc1. The van der Waals surface area contributed by atoms with Crippen LogP contribution < -0.4 is 48.0 Å². The first-order valence-corrected chi connectivity index (χ1v) is 40.6. The third-order valence-electron chi connectivity index (χ3n) is 16.7. The number of piperazine rings is 1. The second-order valence-corrected chi connectivity index (χ2v) is 26.5. The fraction of sp³-hybridized carbons (Fsp3) is 0.409. The number of aromatic nitrogens is 11. The van der Waals surface area contributed by atoms with Gasteiger partial charge in [0.15, 0.2) is 0 Å². The van der Waals surface area contributed by atoms with Crippen LogP contribution in [0.1, 0.15) is 88.5 Å². The van der Waals surface area contributed by atoms with E-state index in [-0.39, 0.29) is 35.0 Å². The van der Waals surface area contributed by atoms with Crippen molar-refractivity contribution in [2.75, 3.05) is 178 Å². The van der Waals surface area contributed by atoms with E-state index in [0.717, 1.165) is 122 Å². The molecule has 5 aliphatic heterocycles. The number of aliphatic hydroxyl groups excluding tert-OH is 1. The number of nitrogens with zero attached hydrogens (tertiary/aromatic N) is 17. The third kappa shape index (κ3) is 48.6. The summed E-state index contributed by atoms with van der Waals surface area (Å²) in [6.45, 7) is 27.8. The molecule has 16 heterocycles. The van der Waals surface area contributed by atoms with Crippen molar-refractivity contribution in [3.63, 3.8) is 0 Å². The lowest BCUT2D eigenvalue weighted by Gasteiger charge is -2.33. The van der Waals surface area contributed by atoms with E-state index in [4.69, 9.17) is 54.6 Å². The molecule has 0 atom stereocenters. The lowest BCUT2D eigenvalue weighted by Crippen LogP contribution is -2.44.